The first-order valence-electron chi connectivity index (χ1n) is 13.8. The molecule has 0 saturated carbocycles. The summed E-state index contributed by atoms with van der Waals surface area (Å²) >= 11 is 0. The predicted octanol–water partition coefficient (Wildman–Crippen LogP) is 9.35. The molecular formula is C38H25N5. The fourth-order valence-electron chi connectivity index (χ4n) is 5.03. The number of hydrogen-bond donors (Lipinski definition) is 0. The second-order valence-corrected chi connectivity index (χ2v) is 9.74. The lowest BCUT2D eigenvalue weighted by molar-refractivity contribution is 1.13. The molecule has 0 amide bonds. The van der Waals surface area contributed by atoms with Crippen LogP contribution in [0.15, 0.2) is 152 Å². The minimum absolute atomic E-state index is 0.0317. The fourth-order valence-corrected chi connectivity index (χ4v) is 5.03. The number of benzene rings is 6. The van der Waals surface area contributed by atoms with Crippen LogP contribution in [0, 0.1) is 22.7 Å². The van der Waals surface area contributed by atoms with Crippen LogP contribution in [-0.4, -0.2) is 9.97 Å². The van der Waals surface area contributed by atoms with Gasteiger partial charge in [0.05, 0.1) is 11.9 Å². The van der Waals surface area contributed by atoms with E-state index >= 15 is 0 Å². The quantitative estimate of drug-likeness (QED) is 0.204. The Balaban J connectivity index is 0.000000195. The molecule has 0 aliphatic carbocycles. The van der Waals surface area contributed by atoms with Crippen LogP contribution in [0.4, 0.5) is 17.1 Å². The Morgan fingerprint density at radius 1 is 0.465 bits per heavy atom. The molecule has 6 aromatic carbocycles. The van der Waals surface area contributed by atoms with Crippen molar-refractivity contribution < 1.29 is 0 Å². The van der Waals surface area contributed by atoms with Gasteiger partial charge in [0.25, 0.3) is 0 Å². The Hall–Kier alpha value is -6.30. The summed E-state index contributed by atoms with van der Waals surface area (Å²) in [5, 5.41) is 23.5. The fraction of sp³-hybridized carbons (Fsp3) is 0. The largest absolute Gasteiger partial charge is 0.311 e. The SMILES string of the molecule is N#Cc1ncc(-c2ccc(N(c3ccccc3)c3ccccc3)cc2)nc1C#N.c1ccc2c(c1)ccc1ccccc12. The maximum absolute atomic E-state index is 9.18. The zero-order valence-electron chi connectivity index (χ0n) is 23.2. The molecule has 0 aliphatic rings. The van der Waals surface area contributed by atoms with Gasteiger partial charge in [0.1, 0.15) is 12.1 Å². The maximum Gasteiger partial charge on any atom is 0.177 e. The number of fused-ring (bicyclic) bond motifs is 3. The highest BCUT2D eigenvalue weighted by molar-refractivity contribution is 6.07. The molecule has 0 N–H and O–H groups in total. The molecule has 0 bridgehead atoms. The van der Waals surface area contributed by atoms with Crippen molar-refractivity contribution in [3.63, 3.8) is 0 Å². The average Bonchev–Trinajstić information content (AvgIpc) is 3.09. The summed E-state index contributed by atoms with van der Waals surface area (Å²) in [6.07, 6.45) is 1.51. The summed E-state index contributed by atoms with van der Waals surface area (Å²) < 4.78 is 0. The Labute approximate surface area is 250 Å². The van der Waals surface area contributed by atoms with Gasteiger partial charge in [0.2, 0.25) is 0 Å². The second-order valence-electron chi connectivity index (χ2n) is 9.74. The predicted molar refractivity (Wildman–Crippen MR) is 173 cm³/mol. The maximum atomic E-state index is 9.18. The smallest absolute Gasteiger partial charge is 0.177 e. The average molecular weight is 552 g/mol. The van der Waals surface area contributed by atoms with Gasteiger partial charge in [-0.15, -0.1) is 0 Å². The second kappa shape index (κ2) is 12.5. The van der Waals surface area contributed by atoms with Crippen LogP contribution in [0.3, 0.4) is 0 Å². The lowest BCUT2D eigenvalue weighted by Crippen LogP contribution is -2.09. The summed E-state index contributed by atoms with van der Waals surface area (Å²) in [4.78, 5) is 10.5. The molecule has 1 heterocycles. The van der Waals surface area contributed by atoms with Crippen molar-refractivity contribution >= 4 is 38.6 Å². The van der Waals surface area contributed by atoms with Crippen LogP contribution in [0.2, 0.25) is 0 Å². The third kappa shape index (κ3) is 5.79. The summed E-state index contributed by atoms with van der Waals surface area (Å²) in [5.41, 5.74) is 4.54. The van der Waals surface area contributed by atoms with Gasteiger partial charge in [0, 0.05) is 22.6 Å². The molecule has 0 unspecified atom stereocenters. The van der Waals surface area contributed by atoms with E-state index in [-0.39, 0.29) is 11.4 Å². The standard InChI is InChI=1S/C24H15N5.C14H10/c25-15-22-23(16-26)28-24(17-27-22)18-11-13-21(14-12-18)29(19-7-3-1-4-8-19)20-9-5-2-6-10-20;1-3-7-13-11(5-1)9-10-12-6-2-4-8-14(12)13/h1-14,17H;1-10H. The first kappa shape index (κ1) is 26.9. The molecule has 1 aromatic heterocycles. The first-order chi connectivity index (χ1) is 21.2. The van der Waals surface area contributed by atoms with Crippen molar-refractivity contribution in [1.29, 1.82) is 10.5 Å². The molecule has 0 radical (unpaired) electrons. The molecular weight excluding hydrogens is 526 g/mol. The van der Waals surface area contributed by atoms with E-state index in [1.807, 2.05) is 72.8 Å². The Kier molecular flexibility index (Phi) is 7.80. The van der Waals surface area contributed by atoms with Crippen LogP contribution >= 0.6 is 0 Å². The minimum atomic E-state index is 0.0317. The molecule has 5 nitrogen and oxygen atoms in total. The number of para-hydroxylation sites is 2. The molecule has 0 atom stereocenters. The van der Waals surface area contributed by atoms with Crippen LogP contribution in [0.1, 0.15) is 11.4 Å². The Bertz CT molecular complexity index is 2000. The van der Waals surface area contributed by atoms with E-state index in [2.05, 4.69) is 99.8 Å². The van der Waals surface area contributed by atoms with Crippen molar-refractivity contribution in [3.05, 3.63) is 163 Å². The molecule has 202 valence electrons. The number of nitrogens with zero attached hydrogens (tertiary/aromatic N) is 5. The lowest BCUT2D eigenvalue weighted by Gasteiger charge is -2.25. The number of hydrogen-bond acceptors (Lipinski definition) is 5. The van der Waals surface area contributed by atoms with Gasteiger partial charge in [-0.05, 0) is 57.9 Å². The molecule has 7 rings (SSSR count). The molecule has 0 aliphatic heterocycles. The van der Waals surface area contributed by atoms with Gasteiger partial charge in [-0.1, -0.05) is 109 Å². The number of anilines is 3. The highest BCUT2D eigenvalue weighted by Crippen LogP contribution is 2.35. The van der Waals surface area contributed by atoms with Crippen LogP contribution in [0.25, 0.3) is 32.8 Å². The van der Waals surface area contributed by atoms with Gasteiger partial charge >= 0.3 is 0 Å². The van der Waals surface area contributed by atoms with Gasteiger partial charge < -0.3 is 4.90 Å². The summed E-state index contributed by atoms with van der Waals surface area (Å²) in [7, 11) is 0. The third-order valence-corrected chi connectivity index (χ3v) is 7.09. The van der Waals surface area contributed by atoms with Crippen molar-refractivity contribution in [2.75, 3.05) is 4.90 Å². The zero-order valence-corrected chi connectivity index (χ0v) is 23.2. The van der Waals surface area contributed by atoms with E-state index in [1.54, 1.807) is 0 Å². The number of aromatic nitrogens is 2. The molecule has 7 aromatic rings. The van der Waals surface area contributed by atoms with Gasteiger partial charge in [-0.25, -0.2) is 9.97 Å². The van der Waals surface area contributed by atoms with E-state index in [0.29, 0.717) is 5.69 Å². The summed E-state index contributed by atoms with van der Waals surface area (Å²) in [5.74, 6) is 0. The minimum Gasteiger partial charge on any atom is -0.311 e. The van der Waals surface area contributed by atoms with E-state index in [9.17, 15) is 5.26 Å². The monoisotopic (exact) mass is 551 g/mol. The van der Waals surface area contributed by atoms with E-state index in [0.717, 1.165) is 22.6 Å². The Morgan fingerprint density at radius 3 is 1.44 bits per heavy atom. The van der Waals surface area contributed by atoms with Gasteiger partial charge in [0.15, 0.2) is 11.4 Å². The summed E-state index contributed by atoms with van der Waals surface area (Å²) in [6.45, 7) is 0. The van der Waals surface area contributed by atoms with Gasteiger partial charge in [-0.2, -0.15) is 10.5 Å². The molecule has 0 fully saturated rings. The van der Waals surface area contributed by atoms with Crippen molar-refractivity contribution in [1.82, 2.24) is 9.97 Å². The Morgan fingerprint density at radius 2 is 0.930 bits per heavy atom. The zero-order chi connectivity index (χ0) is 29.4. The molecule has 0 saturated heterocycles. The lowest BCUT2D eigenvalue weighted by atomic mass is 10.0. The van der Waals surface area contributed by atoms with Crippen LogP contribution in [-0.2, 0) is 0 Å². The van der Waals surface area contributed by atoms with Crippen molar-refractivity contribution in [2.24, 2.45) is 0 Å². The van der Waals surface area contributed by atoms with E-state index in [1.165, 1.54) is 27.7 Å². The van der Waals surface area contributed by atoms with Gasteiger partial charge in [-0.3, -0.25) is 0 Å². The molecule has 0 spiro atoms. The number of nitriles is 2. The highest BCUT2D eigenvalue weighted by atomic mass is 15.1. The summed E-state index contributed by atoms with van der Waals surface area (Å²) in [6, 6.07) is 53.3. The molecule has 43 heavy (non-hydrogen) atoms. The van der Waals surface area contributed by atoms with E-state index in [4.69, 9.17) is 5.26 Å². The first-order valence-corrected chi connectivity index (χ1v) is 13.8. The third-order valence-electron chi connectivity index (χ3n) is 7.09. The van der Waals surface area contributed by atoms with Crippen molar-refractivity contribution in [3.8, 4) is 23.4 Å². The topological polar surface area (TPSA) is 76.6 Å². The normalized spacial score (nSPS) is 10.3. The van der Waals surface area contributed by atoms with Crippen LogP contribution in [0.5, 0.6) is 0 Å². The number of rotatable bonds is 4. The highest BCUT2D eigenvalue weighted by Gasteiger charge is 2.13. The van der Waals surface area contributed by atoms with Crippen molar-refractivity contribution in [2.45, 2.75) is 0 Å². The van der Waals surface area contributed by atoms with Crippen LogP contribution < -0.4 is 4.90 Å². The molecule has 5 heteroatoms. The van der Waals surface area contributed by atoms with E-state index < -0.39 is 0 Å².